The number of rotatable bonds is 4. The van der Waals surface area contributed by atoms with E-state index in [2.05, 4.69) is 24.9 Å². The van der Waals surface area contributed by atoms with E-state index in [1.165, 1.54) is 11.8 Å². The molecule has 0 bridgehead atoms. The third-order valence-electron chi connectivity index (χ3n) is 5.30. The Hall–Kier alpha value is -2.12. The smallest absolute Gasteiger partial charge is 0.252 e. The molecule has 2 aromatic carbocycles. The summed E-state index contributed by atoms with van der Waals surface area (Å²) in [5, 5.41) is 0.521. The van der Waals surface area contributed by atoms with Gasteiger partial charge in [-0.25, -0.2) is 8.42 Å². The van der Waals surface area contributed by atoms with Gasteiger partial charge in [0.2, 0.25) is 0 Å². The number of fused-ring (bicyclic) bond motifs is 1. The first-order valence-corrected chi connectivity index (χ1v) is 12.4. The molecule has 152 valence electrons. The predicted octanol–water partition coefficient (Wildman–Crippen LogP) is 3.65. The molecule has 0 saturated carbocycles. The molecule has 2 aliphatic rings. The van der Waals surface area contributed by atoms with Crippen molar-refractivity contribution < 1.29 is 13.2 Å². The summed E-state index contributed by atoms with van der Waals surface area (Å²) in [5.41, 5.74) is 2.99. The molecular weight excluding hydrogens is 404 g/mol. The second kappa shape index (κ2) is 7.95. The van der Waals surface area contributed by atoms with Gasteiger partial charge in [-0.3, -0.25) is 4.79 Å². The summed E-state index contributed by atoms with van der Waals surface area (Å²) in [7, 11) is -3.08. The van der Waals surface area contributed by atoms with E-state index in [4.69, 9.17) is 0 Å². The van der Waals surface area contributed by atoms with Gasteiger partial charge < -0.3 is 4.90 Å². The summed E-state index contributed by atoms with van der Waals surface area (Å²) in [6.45, 7) is 4.23. The van der Waals surface area contributed by atoms with Gasteiger partial charge in [0.15, 0.2) is 15.0 Å². The first kappa shape index (κ1) is 20.2. The second-order valence-corrected chi connectivity index (χ2v) is 11.2. The fourth-order valence-corrected chi connectivity index (χ4v) is 7.88. The Morgan fingerprint density at radius 1 is 1.10 bits per heavy atom. The van der Waals surface area contributed by atoms with Crippen LogP contribution >= 0.6 is 11.8 Å². The van der Waals surface area contributed by atoms with E-state index in [0.29, 0.717) is 5.17 Å². The number of amidine groups is 1. The Bertz CT molecular complexity index is 1050. The molecule has 0 aromatic heterocycles. The van der Waals surface area contributed by atoms with Crippen LogP contribution in [0, 0.1) is 0 Å². The number of carbonyl (C=O) groups excluding carboxylic acids is 1. The lowest BCUT2D eigenvalue weighted by molar-refractivity contribution is -0.117. The van der Waals surface area contributed by atoms with Crippen LogP contribution in [0.5, 0.6) is 0 Å². The summed E-state index contributed by atoms with van der Waals surface area (Å²) >= 11 is 1.42. The van der Waals surface area contributed by atoms with Gasteiger partial charge >= 0.3 is 0 Å². The first-order chi connectivity index (χ1) is 13.8. The number of sulfone groups is 1. The van der Waals surface area contributed by atoms with Gasteiger partial charge in [-0.2, -0.15) is 4.99 Å². The van der Waals surface area contributed by atoms with E-state index in [9.17, 15) is 13.2 Å². The molecule has 2 heterocycles. The zero-order chi connectivity index (χ0) is 20.6. The Morgan fingerprint density at radius 2 is 1.79 bits per heavy atom. The fourth-order valence-electron chi connectivity index (χ4n) is 3.96. The van der Waals surface area contributed by atoms with Gasteiger partial charge in [-0.05, 0) is 23.1 Å². The minimum atomic E-state index is -3.08. The van der Waals surface area contributed by atoms with Crippen molar-refractivity contribution in [3.8, 4) is 0 Å². The van der Waals surface area contributed by atoms with Crippen LogP contribution in [0.3, 0.4) is 0 Å². The molecule has 4 rings (SSSR count). The predicted molar refractivity (Wildman–Crippen MR) is 119 cm³/mol. The topological polar surface area (TPSA) is 66.8 Å². The summed E-state index contributed by atoms with van der Waals surface area (Å²) in [4.78, 5) is 19.1. The summed E-state index contributed by atoms with van der Waals surface area (Å²) in [5.74, 6) is 0.292. The van der Waals surface area contributed by atoms with E-state index < -0.39 is 9.84 Å². The largest absolute Gasteiger partial charge is 0.315 e. The fraction of sp³-hybridized carbons (Fsp3) is 0.364. The molecule has 0 radical (unpaired) electrons. The Balaban J connectivity index is 1.70. The SMILES string of the molecule is CC(C)c1ccccc1N1C(=NC(=O)Cc2ccccc2)S[C@@H]2CS(=O)(=O)C[C@@H]21. The molecule has 1 amide bonds. The number of para-hydroxylation sites is 1. The minimum absolute atomic E-state index is 0.0940. The van der Waals surface area contributed by atoms with Gasteiger partial charge in [0, 0.05) is 10.9 Å². The van der Waals surface area contributed by atoms with Crippen LogP contribution in [0.4, 0.5) is 5.69 Å². The number of anilines is 1. The lowest BCUT2D eigenvalue weighted by atomic mass is 9.99. The Kier molecular flexibility index (Phi) is 5.53. The number of aliphatic imine (C=N–C) groups is 1. The third-order valence-corrected chi connectivity index (χ3v) is 8.51. The highest BCUT2D eigenvalue weighted by Gasteiger charge is 2.49. The van der Waals surface area contributed by atoms with Crippen molar-refractivity contribution in [1.29, 1.82) is 0 Å². The van der Waals surface area contributed by atoms with Gasteiger partial charge in [0.1, 0.15) is 0 Å². The molecule has 7 heteroatoms. The minimum Gasteiger partial charge on any atom is -0.315 e. The number of thioether (sulfide) groups is 1. The van der Waals surface area contributed by atoms with Gasteiger partial charge in [0.25, 0.3) is 5.91 Å². The molecule has 2 aliphatic heterocycles. The molecule has 0 N–H and O–H groups in total. The van der Waals surface area contributed by atoms with Crippen LogP contribution in [0.1, 0.15) is 30.9 Å². The normalized spacial score (nSPS) is 24.2. The number of benzene rings is 2. The monoisotopic (exact) mass is 428 g/mol. The highest BCUT2D eigenvalue weighted by atomic mass is 32.2. The second-order valence-electron chi connectivity index (χ2n) is 7.83. The highest BCUT2D eigenvalue weighted by Crippen LogP contribution is 2.43. The van der Waals surface area contributed by atoms with E-state index >= 15 is 0 Å². The molecule has 0 aliphatic carbocycles. The average Bonchev–Trinajstić information content (AvgIpc) is 3.13. The van der Waals surface area contributed by atoms with Crippen molar-refractivity contribution in [3.63, 3.8) is 0 Å². The molecule has 29 heavy (non-hydrogen) atoms. The number of hydrogen-bond donors (Lipinski definition) is 0. The van der Waals surface area contributed by atoms with Crippen molar-refractivity contribution in [2.75, 3.05) is 16.4 Å². The Morgan fingerprint density at radius 3 is 2.52 bits per heavy atom. The molecule has 2 fully saturated rings. The molecule has 0 unspecified atom stereocenters. The highest BCUT2D eigenvalue weighted by molar-refractivity contribution is 8.16. The maximum atomic E-state index is 12.7. The van der Waals surface area contributed by atoms with Crippen molar-refractivity contribution in [2.45, 2.75) is 37.5 Å². The number of nitrogens with zero attached hydrogens (tertiary/aromatic N) is 2. The number of amides is 1. The van der Waals surface area contributed by atoms with Crippen LogP contribution in [0.25, 0.3) is 0 Å². The summed E-state index contributed by atoms with van der Waals surface area (Å²) < 4.78 is 24.5. The van der Waals surface area contributed by atoms with Crippen molar-refractivity contribution >= 4 is 38.4 Å². The lowest BCUT2D eigenvalue weighted by Crippen LogP contribution is -2.38. The maximum absolute atomic E-state index is 12.7. The third kappa shape index (κ3) is 4.26. The first-order valence-electron chi connectivity index (χ1n) is 9.75. The molecule has 0 spiro atoms. The standard InChI is InChI=1S/C22H24N2O3S2/c1-15(2)17-10-6-7-11-18(17)24-19-13-29(26,27)14-20(19)28-22(24)23-21(25)12-16-8-4-3-5-9-16/h3-11,15,19-20H,12-14H2,1-2H3/t19-,20+/m0/s1. The lowest BCUT2D eigenvalue weighted by Gasteiger charge is -2.28. The van der Waals surface area contributed by atoms with Crippen molar-refractivity contribution in [1.82, 2.24) is 0 Å². The molecule has 2 atom stereocenters. The van der Waals surface area contributed by atoms with Gasteiger partial charge in [0.05, 0.1) is 24.0 Å². The maximum Gasteiger partial charge on any atom is 0.252 e. The van der Waals surface area contributed by atoms with Crippen LogP contribution in [0.15, 0.2) is 59.6 Å². The quantitative estimate of drug-likeness (QED) is 0.744. The van der Waals surface area contributed by atoms with Crippen LogP contribution < -0.4 is 4.90 Å². The van der Waals surface area contributed by atoms with Gasteiger partial charge in [-0.15, -0.1) is 0 Å². The number of hydrogen-bond acceptors (Lipinski definition) is 4. The molecule has 2 aromatic rings. The molecular formula is C22H24N2O3S2. The summed E-state index contributed by atoms with van der Waals surface area (Å²) in [6.07, 6.45) is 0.234. The van der Waals surface area contributed by atoms with Crippen LogP contribution in [-0.4, -0.2) is 42.3 Å². The average molecular weight is 429 g/mol. The zero-order valence-electron chi connectivity index (χ0n) is 16.5. The Labute approximate surface area is 176 Å². The van der Waals surface area contributed by atoms with E-state index in [-0.39, 0.29) is 41.0 Å². The number of carbonyl (C=O) groups is 1. The van der Waals surface area contributed by atoms with Crippen LogP contribution in [-0.2, 0) is 21.1 Å². The zero-order valence-corrected chi connectivity index (χ0v) is 18.1. The van der Waals surface area contributed by atoms with Crippen molar-refractivity contribution in [3.05, 3.63) is 65.7 Å². The van der Waals surface area contributed by atoms with Gasteiger partial charge in [-0.1, -0.05) is 74.1 Å². The van der Waals surface area contributed by atoms with E-state index in [1.54, 1.807) is 0 Å². The van der Waals surface area contributed by atoms with Crippen molar-refractivity contribution in [2.24, 2.45) is 4.99 Å². The molecule has 2 saturated heterocycles. The summed E-state index contributed by atoms with van der Waals surface area (Å²) in [6, 6.07) is 17.4. The van der Waals surface area contributed by atoms with Crippen LogP contribution in [0.2, 0.25) is 0 Å². The van der Waals surface area contributed by atoms with E-state index in [0.717, 1.165) is 16.8 Å². The molecule has 5 nitrogen and oxygen atoms in total. The van der Waals surface area contributed by atoms with E-state index in [1.807, 2.05) is 53.4 Å².